The number of nitrogens with zero attached hydrogens (tertiary/aromatic N) is 3. The molecule has 0 saturated carbocycles. The van der Waals surface area contributed by atoms with Crippen molar-refractivity contribution in [1.29, 1.82) is 0 Å². The fourth-order valence-corrected chi connectivity index (χ4v) is 4.12. The fraction of sp³-hybridized carbons (Fsp3) is 0.500. The normalized spacial score (nSPS) is 23.2. The van der Waals surface area contributed by atoms with Gasteiger partial charge in [-0.3, -0.25) is 0 Å². The van der Waals surface area contributed by atoms with Crippen molar-refractivity contribution in [2.24, 2.45) is 0 Å². The lowest BCUT2D eigenvalue weighted by Crippen LogP contribution is -2.42. The number of ether oxygens (including phenoxy) is 1. The van der Waals surface area contributed by atoms with Gasteiger partial charge in [0.05, 0.1) is 6.10 Å². The lowest BCUT2D eigenvalue weighted by molar-refractivity contribution is 0.118. The molecule has 1 aromatic heterocycles. The van der Waals surface area contributed by atoms with Crippen LogP contribution in [0.3, 0.4) is 0 Å². The van der Waals surface area contributed by atoms with Crippen molar-refractivity contribution < 1.29 is 4.74 Å². The van der Waals surface area contributed by atoms with Crippen molar-refractivity contribution in [3.8, 4) is 0 Å². The molecule has 1 aliphatic heterocycles. The van der Waals surface area contributed by atoms with Gasteiger partial charge in [-0.15, -0.1) is 0 Å². The fourth-order valence-electron chi connectivity index (χ4n) is 4.12. The molecule has 0 amide bonds. The molecular weight excluding hydrogens is 312 g/mol. The summed E-state index contributed by atoms with van der Waals surface area (Å²) in [6, 6.07) is 11.8. The Balaban J connectivity index is 1.42. The Kier molecular flexibility index (Phi) is 4.68. The van der Waals surface area contributed by atoms with E-state index in [1.54, 1.807) is 13.4 Å². The summed E-state index contributed by atoms with van der Waals surface area (Å²) in [5, 5.41) is 3.79. The van der Waals surface area contributed by atoms with Crippen LogP contribution in [0.15, 0.2) is 36.7 Å². The Morgan fingerprint density at radius 2 is 1.96 bits per heavy atom. The molecule has 2 heterocycles. The van der Waals surface area contributed by atoms with Crippen LogP contribution in [-0.2, 0) is 17.6 Å². The molecule has 132 valence electrons. The number of hydrogen-bond acceptors (Lipinski definition) is 5. The summed E-state index contributed by atoms with van der Waals surface area (Å²) in [5.74, 6) is 1.01. The van der Waals surface area contributed by atoms with E-state index in [0.29, 0.717) is 12.1 Å². The maximum Gasteiger partial charge on any atom is 0.132 e. The summed E-state index contributed by atoms with van der Waals surface area (Å²) in [4.78, 5) is 11.1. The Morgan fingerprint density at radius 1 is 1.20 bits per heavy atom. The molecular formula is C20H26N4O. The predicted octanol–water partition coefficient (Wildman–Crippen LogP) is 2.14. The van der Waals surface area contributed by atoms with Gasteiger partial charge in [0, 0.05) is 44.0 Å². The average Bonchev–Trinajstić information content (AvgIpc) is 3.23. The molecule has 1 saturated heterocycles. The molecule has 1 aliphatic carbocycles. The first-order valence-corrected chi connectivity index (χ1v) is 9.11. The number of hydrogen-bond donors (Lipinski definition) is 1. The lowest BCUT2D eigenvalue weighted by Gasteiger charge is -2.27. The lowest BCUT2D eigenvalue weighted by atomic mass is 10.1. The molecule has 1 N–H and O–H groups in total. The second kappa shape index (κ2) is 7.10. The molecule has 5 heteroatoms. The highest BCUT2D eigenvalue weighted by Crippen LogP contribution is 2.26. The number of benzene rings is 1. The van der Waals surface area contributed by atoms with Crippen LogP contribution in [0.1, 0.15) is 23.2 Å². The Bertz CT molecular complexity index is 710. The van der Waals surface area contributed by atoms with Gasteiger partial charge < -0.3 is 15.0 Å². The van der Waals surface area contributed by atoms with Crippen LogP contribution in [0.4, 0.5) is 5.82 Å². The van der Waals surface area contributed by atoms with Crippen LogP contribution in [0.2, 0.25) is 0 Å². The topological polar surface area (TPSA) is 50.3 Å². The number of rotatable bonds is 5. The third-order valence-corrected chi connectivity index (χ3v) is 5.49. The van der Waals surface area contributed by atoms with E-state index in [1.807, 2.05) is 6.92 Å². The van der Waals surface area contributed by atoms with Crippen LogP contribution in [0, 0.1) is 6.92 Å². The van der Waals surface area contributed by atoms with Gasteiger partial charge >= 0.3 is 0 Å². The first-order valence-electron chi connectivity index (χ1n) is 9.11. The molecule has 0 unspecified atom stereocenters. The Morgan fingerprint density at radius 3 is 2.64 bits per heavy atom. The number of aromatic nitrogens is 2. The smallest absolute Gasteiger partial charge is 0.132 e. The second-order valence-corrected chi connectivity index (χ2v) is 7.20. The van der Waals surface area contributed by atoms with Crippen molar-refractivity contribution in [2.75, 3.05) is 25.1 Å². The van der Waals surface area contributed by atoms with Crippen molar-refractivity contribution in [1.82, 2.24) is 15.3 Å². The molecule has 5 nitrogen and oxygen atoms in total. The van der Waals surface area contributed by atoms with Crippen molar-refractivity contribution >= 4 is 5.82 Å². The minimum atomic E-state index is 0.267. The molecule has 0 bridgehead atoms. The van der Waals surface area contributed by atoms with Crippen LogP contribution in [-0.4, -0.2) is 48.4 Å². The number of methoxy groups -OCH3 is 1. The van der Waals surface area contributed by atoms with Gasteiger partial charge in [-0.2, -0.15) is 0 Å². The molecule has 0 radical (unpaired) electrons. The molecule has 2 aliphatic rings. The Labute approximate surface area is 149 Å². The summed E-state index contributed by atoms with van der Waals surface area (Å²) in [6.45, 7) is 3.86. The van der Waals surface area contributed by atoms with E-state index < -0.39 is 0 Å². The zero-order valence-electron chi connectivity index (χ0n) is 15.0. The molecule has 1 aromatic carbocycles. The summed E-state index contributed by atoms with van der Waals surface area (Å²) in [7, 11) is 1.80. The van der Waals surface area contributed by atoms with Crippen molar-refractivity contribution in [3.05, 3.63) is 53.5 Å². The average molecular weight is 338 g/mol. The van der Waals surface area contributed by atoms with Crippen molar-refractivity contribution in [2.45, 2.75) is 44.4 Å². The van der Waals surface area contributed by atoms with Gasteiger partial charge in [0.25, 0.3) is 0 Å². The molecule has 2 aromatic rings. The maximum absolute atomic E-state index is 5.63. The van der Waals surface area contributed by atoms with Crippen LogP contribution >= 0.6 is 0 Å². The van der Waals surface area contributed by atoms with Gasteiger partial charge in [0.1, 0.15) is 12.1 Å². The van der Waals surface area contributed by atoms with Crippen molar-refractivity contribution in [3.63, 3.8) is 0 Å². The van der Waals surface area contributed by atoms with E-state index in [4.69, 9.17) is 4.74 Å². The van der Waals surface area contributed by atoms with Crippen LogP contribution in [0.25, 0.3) is 0 Å². The molecule has 1 fully saturated rings. The van der Waals surface area contributed by atoms with E-state index in [1.165, 1.54) is 11.1 Å². The maximum atomic E-state index is 5.63. The highest BCUT2D eigenvalue weighted by atomic mass is 16.5. The van der Waals surface area contributed by atoms with Crippen LogP contribution < -0.4 is 10.2 Å². The first kappa shape index (κ1) is 16.5. The number of fused-ring (bicyclic) bond motifs is 1. The summed E-state index contributed by atoms with van der Waals surface area (Å²) >= 11 is 0. The SMILES string of the molecule is CO[C@H]1C[C@@H](CNC2Cc3ccccc3C2)N(c2cc(C)ncn2)C1. The third-order valence-electron chi connectivity index (χ3n) is 5.49. The van der Waals surface area contributed by atoms with E-state index in [2.05, 4.69) is 50.5 Å². The zero-order chi connectivity index (χ0) is 17.2. The summed E-state index contributed by atoms with van der Waals surface area (Å²) in [5.41, 5.74) is 3.98. The van der Waals surface area contributed by atoms with Gasteiger partial charge in [0.2, 0.25) is 0 Å². The van der Waals surface area contributed by atoms with Gasteiger partial charge in [-0.05, 0) is 37.3 Å². The standard InChI is InChI=1S/C20H26N4O/c1-14-7-20(23-13-22-14)24-12-19(25-2)10-18(24)11-21-17-8-15-5-3-4-6-16(15)9-17/h3-7,13,17-19,21H,8-12H2,1-2H3/t18-,19-/m0/s1. The number of anilines is 1. The minimum Gasteiger partial charge on any atom is -0.380 e. The highest BCUT2D eigenvalue weighted by Gasteiger charge is 2.33. The van der Waals surface area contributed by atoms with Gasteiger partial charge in [-0.1, -0.05) is 24.3 Å². The molecule has 4 rings (SSSR count). The van der Waals surface area contributed by atoms with Gasteiger partial charge in [-0.25, -0.2) is 9.97 Å². The minimum absolute atomic E-state index is 0.267. The van der Waals surface area contributed by atoms with E-state index in [0.717, 1.165) is 43.9 Å². The third kappa shape index (κ3) is 3.53. The largest absolute Gasteiger partial charge is 0.380 e. The predicted molar refractivity (Wildman–Crippen MR) is 99.0 cm³/mol. The number of nitrogens with one attached hydrogen (secondary N) is 1. The van der Waals surface area contributed by atoms with E-state index in [-0.39, 0.29) is 6.10 Å². The molecule has 0 spiro atoms. The molecule has 2 atom stereocenters. The van der Waals surface area contributed by atoms with Crippen LogP contribution in [0.5, 0.6) is 0 Å². The quantitative estimate of drug-likeness (QED) is 0.905. The summed E-state index contributed by atoms with van der Waals surface area (Å²) in [6.07, 6.45) is 5.21. The van der Waals surface area contributed by atoms with E-state index >= 15 is 0 Å². The first-order chi connectivity index (χ1) is 12.2. The number of aryl methyl sites for hydroxylation is 1. The highest BCUT2D eigenvalue weighted by molar-refractivity contribution is 5.42. The zero-order valence-corrected chi connectivity index (χ0v) is 15.0. The van der Waals surface area contributed by atoms with E-state index in [9.17, 15) is 0 Å². The van der Waals surface area contributed by atoms with Gasteiger partial charge in [0.15, 0.2) is 0 Å². The monoisotopic (exact) mass is 338 g/mol. The summed E-state index contributed by atoms with van der Waals surface area (Å²) < 4.78 is 5.63. The Hall–Kier alpha value is -1.98. The second-order valence-electron chi connectivity index (χ2n) is 7.20. The molecule has 25 heavy (non-hydrogen) atoms.